The van der Waals surface area contributed by atoms with Gasteiger partial charge in [0.05, 0.1) is 7.11 Å². The van der Waals surface area contributed by atoms with Crippen LogP contribution < -0.4 is 5.32 Å². The lowest BCUT2D eigenvalue weighted by atomic mass is 10.0. The molecule has 1 aromatic rings. The minimum Gasteiger partial charge on any atom is -0.463 e. The number of nitrogens with one attached hydrogen (secondary N) is 1. The number of carbonyl (C=O) groups excluding carboxylic acids is 1. The van der Waals surface area contributed by atoms with Gasteiger partial charge in [-0.2, -0.15) is 0 Å². The largest absolute Gasteiger partial charge is 0.463 e. The Kier molecular flexibility index (Phi) is 4.83. The van der Waals surface area contributed by atoms with E-state index in [1.165, 1.54) is 7.11 Å². The lowest BCUT2D eigenvalue weighted by molar-refractivity contribution is 0.0586. The average molecular weight is 266 g/mol. The highest BCUT2D eigenvalue weighted by Gasteiger charge is 2.20. The van der Waals surface area contributed by atoms with E-state index in [0.29, 0.717) is 12.4 Å². The van der Waals surface area contributed by atoms with E-state index in [4.69, 9.17) is 0 Å². The number of esters is 1. The maximum absolute atomic E-state index is 11.4. The van der Waals surface area contributed by atoms with Crippen LogP contribution in [0, 0.1) is 6.92 Å². The topological polar surface area (TPSA) is 67.3 Å². The lowest BCUT2D eigenvalue weighted by Gasteiger charge is -2.32. The molecule has 1 rings (SSSR count). The van der Waals surface area contributed by atoms with Crippen molar-refractivity contribution in [2.24, 2.45) is 0 Å². The highest BCUT2D eigenvalue weighted by molar-refractivity contribution is 5.85. The van der Waals surface area contributed by atoms with Crippen molar-refractivity contribution in [2.75, 3.05) is 33.1 Å². The average Bonchev–Trinajstić information content (AvgIpc) is 2.34. The summed E-state index contributed by atoms with van der Waals surface area (Å²) < 4.78 is 4.63. The number of hydrogen-bond donors (Lipinski definition) is 1. The monoisotopic (exact) mass is 266 g/mol. The van der Waals surface area contributed by atoms with Gasteiger partial charge >= 0.3 is 5.97 Å². The summed E-state index contributed by atoms with van der Waals surface area (Å²) >= 11 is 0. The van der Waals surface area contributed by atoms with E-state index < -0.39 is 5.97 Å². The molecule has 6 nitrogen and oxygen atoms in total. The highest BCUT2D eigenvalue weighted by Crippen LogP contribution is 2.13. The molecule has 0 aliphatic rings. The number of aromatic nitrogens is 2. The number of methoxy groups -OCH3 is 1. The van der Waals surface area contributed by atoms with Gasteiger partial charge in [-0.05, 0) is 34.9 Å². The van der Waals surface area contributed by atoms with Crippen molar-refractivity contribution in [1.29, 1.82) is 0 Å². The molecule has 19 heavy (non-hydrogen) atoms. The number of likely N-dealkylation sites (N-methyl/N-ethyl adjacent to an activating group) is 1. The summed E-state index contributed by atoms with van der Waals surface area (Å²) in [5, 5.41) is 3.23. The number of ether oxygens (including phenoxy) is 1. The Labute approximate surface area is 114 Å². The van der Waals surface area contributed by atoms with Crippen LogP contribution in [0.5, 0.6) is 0 Å². The summed E-state index contributed by atoms with van der Waals surface area (Å²) in [6, 6.07) is 1.80. The molecule has 0 radical (unpaired) electrons. The molecule has 0 aromatic carbocycles. The SMILES string of the molecule is COC(=O)c1nc(C)cc(NCC(C)(C)N(C)C)n1. The van der Waals surface area contributed by atoms with Crippen LogP contribution in [0.1, 0.15) is 30.2 Å². The molecule has 1 N–H and O–H groups in total. The fourth-order valence-corrected chi connectivity index (χ4v) is 1.31. The van der Waals surface area contributed by atoms with Crippen molar-refractivity contribution < 1.29 is 9.53 Å². The van der Waals surface area contributed by atoms with Crippen molar-refractivity contribution in [3.8, 4) is 0 Å². The Morgan fingerprint density at radius 1 is 1.42 bits per heavy atom. The molecule has 0 amide bonds. The third-order valence-corrected chi connectivity index (χ3v) is 3.13. The molecule has 0 fully saturated rings. The molecule has 0 saturated carbocycles. The normalized spacial score (nSPS) is 11.5. The summed E-state index contributed by atoms with van der Waals surface area (Å²) in [5.41, 5.74) is 0.699. The smallest absolute Gasteiger partial charge is 0.376 e. The van der Waals surface area contributed by atoms with Gasteiger partial charge in [-0.15, -0.1) is 0 Å². The number of carbonyl (C=O) groups is 1. The van der Waals surface area contributed by atoms with Crippen LogP contribution in [0.3, 0.4) is 0 Å². The first kappa shape index (κ1) is 15.4. The number of hydrogen-bond acceptors (Lipinski definition) is 6. The Morgan fingerprint density at radius 2 is 2.05 bits per heavy atom. The maximum Gasteiger partial charge on any atom is 0.376 e. The second-order valence-corrected chi connectivity index (χ2v) is 5.27. The third kappa shape index (κ3) is 4.17. The molecule has 1 heterocycles. The molecule has 0 saturated heterocycles. The van der Waals surface area contributed by atoms with Gasteiger partial charge in [0.25, 0.3) is 0 Å². The molecule has 0 unspecified atom stereocenters. The minimum atomic E-state index is -0.529. The predicted octanol–water partition coefficient (Wildman–Crippen LogP) is 1.32. The zero-order chi connectivity index (χ0) is 14.6. The first-order valence-electron chi connectivity index (χ1n) is 6.11. The standard InChI is InChI=1S/C13H22N4O2/c1-9-7-10(14-8-13(2,3)17(4)5)16-11(15-9)12(18)19-6/h7H,8H2,1-6H3,(H,14,15,16). The molecule has 6 heteroatoms. The van der Waals surface area contributed by atoms with E-state index in [1.54, 1.807) is 6.07 Å². The van der Waals surface area contributed by atoms with Gasteiger partial charge < -0.3 is 15.0 Å². The van der Waals surface area contributed by atoms with E-state index in [0.717, 1.165) is 5.69 Å². The van der Waals surface area contributed by atoms with E-state index >= 15 is 0 Å². The van der Waals surface area contributed by atoms with Crippen molar-refractivity contribution in [3.63, 3.8) is 0 Å². The van der Waals surface area contributed by atoms with Gasteiger partial charge in [-0.25, -0.2) is 14.8 Å². The quantitative estimate of drug-likeness (QED) is 0.811. The van der Waals surface area contributed by atoms with E-state index in [2.05, 4.69) is 38.8 Å². The second kappa shape index (κ2) is 5.97. The number of rotatable bonds is 5. The summed E-state index contributed by atoms with van der Waals surface area (Å²) in [4.78, 5) is 21.8. The summed E-state index contributed by atoms with van der Waals surface area (Å²) in [7, 11) is 5.36. The Balaban J connectivity index is 2.85. The maximum atomic E-state index is 11.4. The molecule has 0 aliphatic carbocycles. The van der Waals surface area contributed by atoms with Crippen molar-refractivity contribution >= 4 is 11.8 Å². The fraction of sp³-hybridized carbons (Fsp3) is 0.615. The van der Waals surface area contributed by atoms with Crippen LogP contribution in [-0.4, -0.2) is 54.1 Å². The van der Waals surface area contributed by atoms with E-state index in [1.807, 2.05) is 21.0 Å². The van der Waals surface area contributed by atoms with Gasteiger partial charge in [0.15, 0.2) is 0 Å². The molecule has 0 spiro atoms. The van der Waals surface area contributed by atoms with Gasteiger partial charge in [0.1, 0.15) is 5.82 Å². The molecule has 1 aromatic heterocycles. The summed E-state index contributed by atoms with van der Waals surface area (Å²) in [6.07, 6.45) is 0. The van der Waals surface area contributed by atoms with Crippen LogP contribution in [0.25, 0.3) is 0 Å². The van der Waals surface area contributed by atoms with Crippen molar-refractivity contribution in [3.05, 3.63) is 17.6 Å². The van der Waals surface area contributed by atoms with Crippen LogP contribution in [0.4, 0.5) is 5.82 Å². The van der Waals surface area contributed by atoms with Gasteiger partial charge in [0.2, 0.25) is 5.82 Å². The van der Waals surface area contributed by atoms with Crippen LogP contribution in [-0.2, 0) is 4.74 Å². The van der Waals surface area contributed by atoms with Gasteiger partial charge in [-0.3, -0.25) is 0 Å². The molecule has 0 atom stereocenters. The van der Waals surface area contributed by atoms with Crippen LogP contribution >= 0.6 is 0 Å². The van der Waals surface area contributed by atoms with Gasteiger partial charge in [0, 0.05) is 23.8 Å². The van der Waals surface area contributed by atoms with E-state index in [-0.39, 0.29) is 11.4 Å². The number of anilines is 1. The zero-order valence-electron chi connectivity index (χ0n) is 12.4. The molecular weight excluding hydrogens is 244 g/mol. The third-order valence-electron chi connectivity index (χ3n) is 3.13. The van der Waals surface area contributed by atoms with Crippen LogP contribution in [0.2, 0.25) is 0 Å². The fourth-order valence-electron chi connectivity index (χ4n) is 1.31. The first-order valence-corrected chi connectivity index (χ1v) is 6.11. The Bertz CT molecular complexity index is 458. The van der Waals surface area contributed by atoms with Crippen LogP contribution in [0.15, 0.2) is 6.07 Å². The molecule has 0 aliphatic heterocycles. The molecular formula is C13H22N4O2. The van der Waals surface area contributed by atoms with Crippen molar-refractivity contribution in [2.45, 2.75) is 26.3 Å². The van der Waals surface area contributed by atoms with E-state index in [9.17, 15) is 4.79 Å². The molecule has 106 valence electrons. The Morgan fingerprint density at radius 3 is 2.58 bits per heavy atom. The van der Waals surface area contributed by atoms with Gasteiger partial charge in [-0.1, -0.05) is 0 Å². The second-order valence-electron chi connectivity index (χ2n) is 5.27. The minimum absolute atomic E-state index is 0.0235. The lowest BCUT2D eigenvalue weighted by Crippen LogP contribution is -2.44. The summed E-state index contributed by atoms with van der Waals surface area (Å²) in [5.74, 6) is 0.175. The molecule has 0 bridgehead atoms. The summed E-state index contributed by atoms with van der Waals surface area (Å²) in [6.45, 7) is 6.76. The predicted molar refractivity (Wildman–Crippen MR) is 74.4 cm³/mol. The highest BCUT2D eigenvalue weighted by atomic mass is 16.5. The number of nitrogens with zero attached hydrogens (tertiary/aromatic N) is 3. The van der Waals surface area contributed by atoms with Crippen molar-refractivity contribution in [1.82, 2.24) is 14.9 Å². The number of aryl methyl sites for hydroxylation is 1. The first-order chi connectivity index (χ1) is 8.76. The Hall–Kier alpha value is -1.69. The zero-order valence-corrected chi connectivity index (χ0v) is 12.4.